The van der Waals surface area contributed by atoms with Crippen LogP contribution in [0.4, 0.5) is 0 Å². The molecule has 2 aromatic carbocycles. The van der Waals surface area contributed by atoms with E-state index in [0.717, 1.165) is 42.7 Å². The van der Waals surface area contributed by atoms with Crippen molar-refractivity contribution in [1.82, 2.24) is 19.8 Å². The fourth-order valence-electron chi connectivity index (χ4n) is 3.41. The molecule has 3 rings (SSSR count). The van der Waals surface area contributed by atoms with Crippen LogP contribution in [0, 0.1) is 0 Å². The number of aromatic nitrogens is 2. The smallest absolute Gasteiger partial charge is 0.251 e. The first kappa shape index (κ1) is 21.6. The van der Waals surface area contributed by atoms with Gasteiger partial charge in [0.25, 0.3) is 5.91 Å². The summed E-state index contributed by atoms with van der Waals surface area (Å²) < 4.78 is 2.01. The monoisotopic (exact) mass is 406 g/mol. The molecule has 0 aliphatic heterocycles. The third-order valence-corrected chi connectivity index (χ3v) is 5.20. The van der Waals surface area contributed by atoms with Gasteiger partial charge in [0.1, 0.15) is 12.4 Å². The number of likely N-dealkylation sites (N-methyl/N-ethyl adjacent to an activating group) is 1. The molecule has 3 aromatic rings. The highest BCUT2D eigenvalue weighted by atomic mass is 16.2. The minimum Gasteiger partial charge on any atom is -0.352 e. The van der Waals surface area contributed by atoms with Crippen molar-refractivity contribution in [3.05, 3.63) is 66.0 Å². The maximum absolute atomic E-state index is 12.7. The molecule has 0 aliphatic carbocycles. The topological polar surface area (TPSA) is 67.2 Å². The van der Waals surface area contributed by atoms with Gasteiger partial charge in [0.15, 0.2) is 0 Å². The molecule has 0 unspecified atom stereocenters. The average Bonchev–Trinajstić information content (AvgIpc) is 3.12. The Labute approximate surface area is 177 Å². The number of hydrogen-bond acceptors (Lipinski definition) is 3. The molecule has 6 heteroatoms. The molecule has 158 valence electrons. The predicted octanol–water partition coefficient (Wildman–Crippen LogP) is 3.66. The Morgan fingerprint density at radius 3 is 2.53 bits per heavy atom. The van der Waals surface area contributed by atoms with E-state index in [1.54, 1.807) is 17.0 Å². The van der Waals surface area contributed by atoms with E-state index in [9.17, 15) is 9.59 Å². The van der Waals surface area contributed by atoms with Crippen molar-refractivity contribution in [2.45, 2.75) is 39.2 Å². The zero-order valence-corrected chi connectivity index (χ0v) is 17.8. The van der Waals surface area contributed by atoms with E-state index >= 15 is 0 Å². The maximum atomic E-state index is 12.7. The molecule has 0 radical (unpaired) electrons. The van der Waals surface area contributed by atoms with Crippen LogP contribution < -0.4 is 5.32 Å². The lowest BCUT2D eigenvalue weighted by Gasteiger charge is -2.18. The molecular formula is C24H30N4O2. The third-order valence-electron chi connectivity index (χ3n) is 5.20. The lowest BCUT2D eigenvalue weighted by molar-refractivity contribution is -0.130. The third kappa shape index (κ3) is 5.47. The van der Waals surface area contributed by atoms with Crippen LogP contribution >= 0.6 is 0 Å². The van der Waals surface area contributed by atoms with E-state index in [4.69, 9.17) is 4.98 Å². The van der Waals surface area contributed by atoms with Gasteiger partial charge < -0.3 is 14.8 Å². The van der Waals surface area contributed by atoms with Gasteiger partial charge in [-0.3, -0.25) is 9.59 Å². The van der Waals surface area contributed by atoms with Crippen LogP contribution in [-0.2, 0) is 17.8 Å². The number of para-hydroxylation sites is 2. The van der Waals surface area contributed by atoms with Crippen LogP contribution in [0.1, 0.15) is 42.4 Å². The molecule has 0 aliphatic rings. The van der Waals surface area contributed by atoms with Crippen molar-refractivity contribution in [3.63, 3.8) is 0 Å². The largest absolute Gasteiger partial charge is 0.352 e. The van der Waals surface area contributed by atoms with Gasteiger partial charge in [-0.15, -0.1) is 0 Å². The molecule has 2 amide bonds. The number of imidazole rings is 1. The molecular weight excluding hydrogens is 376 g/mol. The molecule has 0 bridgehead atoms. The fourth-order valence-corrected chi connectivity index (χ4v) is 3.41. The lowest BCUT2D eigenvalue weighted by Crippen LogP contribution is -2.31. The SMILES string of the molecule is CCCCN(C)C(=O)Cn1c(CCCNC(=O)c2ccccc2)nc2ccccc21. The van der Waals surface area contributed by atoms with Gasteiger partial charge in [-0.25, -0.2) is 4.98 Å². The minimum absolute atomic E-state index is 0.0724. The summed E-state index contributed by atoms with van der Waals surface area (Å²) >= 11 is 0. The second kappa shape index (κ2) is 10.6. The van der Waals surface area contributed by atoms with E-state index in [1.165, 1.54) is 0 Å². The van der Waals surface area contributed by atoms with Crippen molar-refractivity contribution in [1.29, 1.82) is 0 Å². The zero-order chi connectivity index (χ0) is 21.3. The van der Waals surface area contributed by atoms with E-state index in [0.29, 0.717) is 18.5 Å². The van der Waals surface area contributed by atoms with Gasteiger partial charge >= 0.3 is 0 Å². The summed E-state index contributed by atoms with van der Waals surface area (Å²) in [5.74, 6) is 0.893. The minimum atomic E-state index is -0.0724. The van der Waals surface area contributed by atoms with Crippen LogP contribution in [0.15, 0.2) is 54.6 Å². The molecule has 1 heterocycles. The fraction of sp³-hybridized carbons (Fsp3) is 0.375. The first-order valence-electron chi connectivity index (χ1n) is 10.6. The Bertz CT molecular complexity index is 981. The Morgan fingerprint density at radius 2 is 1.77 bits per heavy atom. The Kier molecular flexibility index (Phi) is 7.60. The van der Waals surface area contributed by atoms with E-state index in [1.807, 2.05) is 54.1 Å². The van der Waals surface area contributed by atoms with E-state index < -0.39 is 0 Å². The normalized spacial score (nSPS) is 10.9. The van der Waals surface area contributed by atoms with Crippen LogP contribution in [0.2, 0.25) is 0 Å². The van der Waals surface area contributed by atoms with Crippen LogP contribution in [-0.4, -0.2) is 46.4 Å². The number of hydrogen-bond donors (Lipinski definition) is 1. The molecule has 0 spiro atoms. The van der Waals surface area contributed by atoms with Crippen LogP contribution in [0.5, 0.6) is 0 Å². The highest BCUT2D eigenvalue weighted by molar-refractivity contribution is 5.94. The van der Waals surface area contributed by atoms with Gasteiger partial charge in [-0.05, 0) is 37.1 Å². The summed E-state index contributed by atoms with van der Waals surface area (Å²) in [6.45, 7) is 3.73. The molecule has 0 fully saturated rings. The number of carbonyl (C=O) groups excluding carboxylic acids is 2. The number of rotatable bonds is 10. The Balaban J connectivity index is 1.64. The molecule has 0 saturated carbocycles. The van der Waals surface area contributed by atoms with Crippen LogP contribution in [0.3, 0.4) is 0 Å². The number of unbranched alkanes of at least 4 members (excludes halogenated alkanes) is 1. The Morgan fingerprint density at radius 1 is 1.03 bits per heavy atom. The van der Waals surface area contributed by atoms with Crippen molar-refractivity contribution in [3.8, 4) is 0 Å². The van der Waals surface area contributed by atoms with E-state index in [-0.39, 0.29) is 18.4 Å². The molecule has 0 atom stereocenters. The number of amides is 2. The summed E-state index contributed by atoms with van der Waals surface area (Å²) in [6, 6.07) is 17.1. The van der Waals surface area contributed by atoms with Gasteiger partial charge in [-0.2, -0.15) is 0 Å². The first-order chi connectivity index (χ1) is 14.6. The number of benzene rings is 2. The lowest BCUT2D eigenvalue weighted by atomic mass is 10.2. The molecule has 6 nitrogen and oxygen atoms in total. The first-order valence-corrected chi connectivity index (χ1v) is 10.6. The number of nitrogens with one attached hydrogen (secondary N) is 1. The zero-order valence-electron chi connectivity index (χ0n) is 17.8. The maximum Gasteiger partial charge on any atom is 0.251 e. The molecule has 1 aromatic heterocycles. The van der Waals surface area contributed by atoms with Gasteiger partial charge in [0.05, 0.1) is 11.0 Å². The van der Waals surface area contributed by atoms with Crippen molar-refractivity contribution >= 4 is 22.8 Å². The second-order valence-corrected chi connectivity index (χ2v) is 7.50. The van der Waals surface area contributed by atoms with Gasteiger partial charge in [0, 0.05) is 32.1 Å². The van der Waals surface area contributed by atoms with E-state index in [2.05, 4.69) is 12.2 Å². The number of fused-ring (bicyclic) bond motifs is 1. The van der Waals surface area contributed by atoms with Gasteiger partial charge in [-0.1, -0.05) is 43.7 Å². The average molecular weight is 407 g/mol. The molecule has 0 saturated heterocycles. The summed E-state index contributed by atoms with van der Waals surface area (Å²) in [5, 5.41) is 2.95. The summed E-state index contributed by atoms with van der Waals surface area (Å²) in [4.78, 5) is 31.4. The summed E-state index contributed by atoms with van der Waals surface area (Å²) in [5.41, 5.74) is 2.52. The number of nitrogens with zero attached hydrogens (tertiary/aromatic N) is 3. The number of carbonyl (C=O) groups is 2. The highest BCUT2D eigenvalue weighted by Gasteiger charge is 2.16. The quantitative estimate of drug-likeness (QED) is 0.523. The Hall–Kier alpha value is -3.15. The summed E-state index contributed by atoms with van der Waals surface area (Å²) in [7, 11) is 1.86. The van der Waals surface area contributed by atoms with Crippen molar-refractivity contribution in [2.24, 2.45) is 0 Å². The standard InChI is InChI=1S/C24H30N4O2/c1-3-4-17-27(2)23(29)18-28-21-14-9-8-13-20(21)26-22(28)15-10-16-25-24(30)19-11-6-5-7-12-19/h5-9,11-14H,3-4,10,15-18H2,1-2H3,(H,25,30). The predicted molar refractivity (Wildman–Crippen MR) is 119 cm³/mol. The highest BCUT2D eigenvalue weighted by Crippen LogP contribution is 2.17. The number of aryl methyl sites for hydroxylation is 1. The van der Waals surface area contributed by atoms with Crippen molar-refractivity contribution in [2.75, 3.05) is 20.1 Å². The van der Waals surface area contributed by atoms with Gasteiger partial charge in [0.2, 0.25) is 5.91 Å². The second-order valence-electron chi connectivity index (χ2n) is 7.50. The van der Waals surface area contributed by atoms with Crippen molar-refractivity contribution < 1.29 is 9.59 Å². The molecule has 30 heavy (non-hydrogen) atoms. The summed E-state index contributed by atoms with van der Waals surface area (Å²) in [6.07, 6.45) is 3.50. The molecule has 1 N–H and O–H groups in total. The van der Waals surface area contributed by atoms with Crippen LogP contribution in [0.25, 0.3) is 11.0 Å².